The fourth-order valence-electron chi connectivity index (χ4n) is 2.60. The molecule has 1 heterocycles. The lowest BCUT2D eigenvalue weighted by Crippen LogP contribution is -2.31. The fraction of sp³-hybridized carbons (Fsp3) is 0.474. The van der Waals surface area contributed by atoms with Crippen LogP contribution in [0, 0.1) is 6.92 Å². The zero-order chi connectivity index (χ0) is 18.2. The van der Waals surface area contributed by atoms with Crippen LogP contribution < -0.4 is 9.47 Å². The second-order valence-electron chi connectivity index (χ2n) is 6.07. The van der Waals surface area contributed by atoms with Crippen molar-refractivity contribution in [1.82, 2.24) is 4.90 Å². The number of hydrogen-bond donors (Lipinski definition) is 1. The SMILES string of the molecule is COc1ccc(COCC(O)CN(C)Cc2ccc(C)o2)cc1OC. The van der Waals surface area contributed by atoms with E-state index < -0.39 is 6.10 Å². The molecule has 6 nitrogen and oxygen atoms in total. The minimum absolute atomic E-state index is 0.260. The topological polar surface area (TPSA) is 64.3 Å². The first kappa shape index (κ1) is 19.3. The molecule has 1 unspecified atom stereocenters. The van der Waals surface area contributed by atoms with Gasteiger partial charge in [0.15, 0.2) is 11.5 Å². The summed E-state index contributed by atoms with van der Waals surface area (Å²) in [5.41, 5.74) is 0.962. The summed E-state index contributed by atoms with van der Waals surface area (Å²) in [6.07, 6.45) is -0.568. The van der Waals surface area contributed by atoms with Crippen molar-refractivity contribution in [3.63, 3.8) is 0 Å². The Morgan fingerprint density at radius 3 is 2.52 bits per heavy atom. The van der Waals surface area contributed by atoms with Crippen molar-refractivity contribution in [1.29, 1.82) is 0 Å². The number of hydrogen-bond acceptors (Lipinski definition) is 6. The number of ether oxygens (including phenoxy) is 3. The molecule has 25 heavy (non-hydrogen) atoms. The molecule has 6 heteroatoms. The van der Waals surface area contributed by atoms with Crippen LogP contribution in [-0.4, -0.2) is 50.5 Å². The molecule has 0 bridgehead atoms. The summed E-state index contributed by atoms with van der Waals surface area (Å²) in [5, 5.41) is 10.1. The van der Waals surface area contributed by atoms with E-state index in [1.54, 1.807) is 14.2 Å². The van der Waals surface area contributed by atoms with Gasteiger partial charge in [-0.3, -0.25) is 4.90 Å². The van der Waals surface area contributed by atoms with Crippen LogP contribution in [-0.2, 0) is 17.9 Å². The van der Waals surface area contributed by atoms with Gasteiger partial charge in [-0.1, -0.05) is 6.07 Å². The number of furan rings is 1. The third-order valence-corrected chi connectivity index (χ3v) is 3.77. The van der Waals surface area contributed by atoms with Gasteiger partial charge < -0.3 is 23.7 Å². The Bertz CT molecular complexity index is 655. The molecule has 2 rings (SSSR count). The highest BCUT2D eigenvalue weighted by molar-refractivity contribution is 5.42. The van der Waals surface area contributed by atoms with Crippen LogP contribution in [0.2, 0.25) is 0 Å². The molecule has 0 spiro atoms. The molecule has 1 N–H and O–H groups in total. The van der Waals surface area contributed by atoms with E-state index in [0.29, 0.717) is 31.2 Å². The molecule has 0 amide bonds. The maximum Gasteiger partial charge on any atom is 0.161 e. The second-order valence-corrected chi connectivity index (χ2v) is 6.07. The Morgan fingerprint density at radius 2 is 1.88 bits per heavy atom. The molecule has 1 atom stereocenters. The Kier molecular flexibility index (Phi) is 7.31. The van der Waals surface area contributed by atoms with Crippen LogP contribution in [0.5, 0.6) is 11.5 Å². The highest BCUT2D eigenvalue weighted by Gasteiger charge is 2.11. The van der Waals surface area contributed by atoms with Crippen LogP contribution >= 0.6 is 0 Å². The van der Waals surface area contributed by atoms with Crippen molar-refractivity contribution in [3.8, 4) is 11.5 Å². The van der Waals surface area contributed by atoms with E-state index >= 15 is 0 Å². The van der Waals surface area contributed by atoms with Crippen molar-refractivity contribution in [3.05, 3.63) is 47.4 Å². The quantitative estimate of drug-likeness (QED) is 0.711. The molecule has 138 valence electrons. The average molecular weight is 349 g/mol. The number of aliphatic hydroxyl groups excluding tert-OH is 1. The van der Waals surface area contributed by atoms with Crippen molar-refractivity contribution in [2.45, 2.75) is 26.2 Å². The molecule has 0 saturated carbocycles. The first-order chi connectivity index (χ1) is 12.0. The monoisotopic (exact) mass is 349 g/mol. The van der Waals surface area contributed by atoms with Gasteiger partial charge in [-0.05, 0) is 43.8 Å². The van der Waals surface area contributed by atoms with Crippen LogP contribution in [0.1, 0.15) is 17.1 Å². The molecule has 0 aliphatic rings. The van der Waals surface area contributed by atoms with Gasteiger partial charge in [-0.15, -0.1) is 0 Å². The lowest BCUT2D eigenvalue weighted by atomic mass is 10.2. The highest BCUT2D eigenvalue weighted by atomic mass is 16.5. The summed E-state index contributed by atoms with van der Waals surface area (Å²) in [6.45, 7) is 3.74. The maximum atomic E-state index is 10.1. The van der Waals surface area contributed by atoms with E-state index in [1.165, 1.54) is 0 Å². The second kappa shape index (κ2) is 9.46. The molecule has 0 fully saturated rings. The van der Waals surface area contributed by atoms with E-state index in [9.17, 15) is 5.11 Å². The third kappa shape index (κ3) is 6.08. The van der Waals surface area contributed by atoms with Crippen molar-refractivity contribution in [2.75, 3.05) is 34.4 Å². The minimum atomic E-state index is -0.568. The molecular formula is C19H27NO5. The zero-order valence-corrected chi connectivity index (χ0v) is 15.3. The molecule has 0 aliphatic heterocycles. The van der Waals surface area contributed by atoms with Gasteiger partial charge in [0.1, 0.15) is 11.5 Å². The Labute approximate surface area is 148 Å². The summed E-state index contributed by atoms with van der Waals surface area (Å²) in [6, 6.07) is 9.51. The summed E-state index contributed by atoms with van der Waals surface area (Å²) in [7, 11) is 5.14. The molecule has 0 saturated heterocycles. The molecule has 1 aromatic heterocycles. The number of nitrogens with zero attached hydrogens (tertiary/aromatic N) is 1. The molecule has 1 aromatic carbocycles. The van der Waals surface area contributed by atoms with Gasteiger partial charge in [0.05, 0.1) is 40.1 Å². The predicted octanol–water partition coefficient (Wildman–Crippen LogP) is 2.61. The normalized spacial score (nSPS) is 12.4. The smallest absolute Gasteiger partial charge is 0.161 e. The van der Waals surface area contributed by atoms with E-state index in [2.05, 4.69) is 0 Å². The first-order valence-corrected chi connectivity index (χ1v) is 8.22. The predicted molar refractivity (Wildman–Crippen MR) is 95.0 cm³/mol. The van der Waals surface area contributed by atoms with Crippen molar-refractivity contribution >= 4 is 0 Å². The zero-order valence-electron chi connectivity index (χ0n) is 15.3. The first-order valence-electron chi connectivity index (χ1n) is 8.22. The molecule has 0 aliphatic carbocycles. The Morgan fingerprint density at radius 1 is 1.12 bits per heavy atom. The van der Waals surface area contributed by atoms with E-state index in [-0.39, 0.29) is 6.61 Å². The van der Waals surface area contributed by atoms with E-state index in [0.717, 1.165) is 17.1 Å². The van der Waals surface area contributed by atoms with Gasteiger partial charge >= 0.3 is 0 Å². The Hall–Kier alpha value is -2.02. The van der Waals surface area contributed by atoms with Crippen LogP contribution in [0.25, 0.3) is 0 Å². The van der Waals surface area contributed by atoms with Gasteiger partial charge in [-0.2, -0.15) is 0 Å². The number of rotatable bonds is 10. The van der Waals surface area contributed by atoms with Crippen molar-refractivity contribution < 1.29 is 23.7 Å². The standard InChI is InChI=1S/C19H27NO5/c1-14-5-7-17(25-14)11-20(2)10-16(21)13-24-12-15-6-8-18(22-3)19(9-15)23-4/h5-9,16,21H,10-13H2,1-4H3. The van der Waals surface area contributed by atoms with Gasteiger partial charge in [0.25, 0.3) is 0 Å². The van der Waals surface area contributed by atoms with Gasteiger partial charge in [0.2, 0.25) is 0 Å². The number of benzene rings is 1. The summed E-state index contributed by atoms with van der Waals surface area (Å²) in [4.78, 5) is 2.00. The fourth-order valence-corrected chi connectivity index (χ4v) is 2.60. The Balaban J connectivity index is 1.73. The average Bonchev–Trinajstić information content (AvgIpc) is 2.99. The lowest BCUT2D eigenvalue weighted by molar-refractivity contribution is 0.0119. The van der Waals surface area contributed by atoms with Crippen LogP contribution in [0.4, 0.5) is 0 Å². The highest BCUT2D eigenvalue weighted by Crippen LogP contribution is 2.27. The maximum absolute atomic E-state index is 10.1. The summed E-state index contributed by atoms with van der Waals surface area (Å²) in [5.74, 6) is 3.12. The van der Waals surface area contributed by atoms with E-state index in [1.807, 2.05) is 49.2 Å². The summed E-state index contributed by atoms with van der Waals surface area (Å²) >= 11 is 0. The third-order valence-electron chi connectivity index (χ3n) is 3.77. The number of aryl methyl sites for hydroxylation is 1. The largest absolute Gasteiger partial charge is 0.493 e. The number of aliphatic hydroxyl groups is 1. The summed E-state index contributed by atoms with van der Waals surface area (Å²) < 4.78 is 21.6. The molecular weight excluding hydrogens is 322 g/mol. The number of methoxy groups -OCH3 is 2. The van der Waals surface area contributed by atoms with Crippen LogP contribution in [0.3, 0.4) is 0 Å². The van der Waals surface area contributed by atoms with Crippen molar-refractivity contribution in [2.24, 2.45) is 0 Å². The number of likely N-dealkylation sites (N-methyl/N-ethyl adjacent to an activating group) is 1. The van der Waals surface area contributed by atoms with Gasteiger partial charge in [0, 0.05) is 6.54 Å². The van der Waals surface area contributed by atoms with Gasteiger partial charge in [-0.25, -0.2) is 0 Å². The molecule has 0 radical (unpaired) electrons. The van der Waals surface area contributed by atoms with E-state index in [4.69, 9.17) is 18.6 Å². The molecule has 2 aromatic rings. The minimum Gasteiger partial charge on any atom is -0.493 e. The van der Waals surface area contributed by atoms with Crippen LogP contribution in [0.15, 0.2) is 34.7 Å². The lowest BCUT2D eigenvalue weighted by Gasteiger charge is -2.19.